The summed E-state index contributed by atoms with van der Waals surface area (Å²) in [5.74, 6) is 0.498. The van der Waals surface area contributed by atoms with Gasteiger partial charge in [-0.3, -0.25) is 0 Å². The second kappa shape index (κ2) is 10.8. The highest BCUT2D eigenvalue weighted by Crippen LogP contribution is 2.28. The van der Waals surface area contributed by atoms with Gasteiger partial charge in [-0.05, 0) is 49.7 Å². The normalized spacial score (nSPS) is 10.5. The zero-order valence-electron chi connectivity index (χ0n) is 17.5. The number of hydrogen-bond acceptors (Lipinski definition) is 5. The summed E-state index contributed by atoms with van der Waals surface area (Å²) in [4.78, 5) is 18.0. The fourth-order valence-electron chi connectivity index (χ4n) is 3.12. The number of rotatable bonds is 10. The molecule has 0 aliphatic heterocycles. The van der Waals surface area contributed by atoms with Crippen molar-refractivity contribution < 1.29 is 19.4 Å². The number of hydrogen-bond donors (Lipinski definition) is 1. The monoisotopic (exact) mass is 484 g/mol. The van der Waals surface area contributed by atoms with Crippen molar-refractivity contribution in [2.75, 3.05) is 18.1 Å². The molecule has 7 heteroatoms. The van der Waals surface area contributed by atoms with Crippen molar-refractivity contribution in [3.8, 4) is 11.6 Å². The van der Waals surface area contributed by atoms with Gasteiger partial charge in [0.2, 0.25) is 5.88 Å². The molecule has 0 bridgehead atoms. The van der Waals surface area contributed by atoms with Gasteiger partial charge in [-0.25, -0.2) is 4.79 Å². The minimum absolute atomic E-state index is 0.0518. The highest BCUT2D eigenvalue weighted by molar-refractivity contribution is 9.10. The van der Waals surface area contributed by atoms with E-state index in [2.05, 4.69) is 20.9 Å². The third-order valence-electron chi connectivity index (χ3n) is 4.68. The molecule has 0 fully saturated rings. The fraction of sp³-hybridized carbons (Fsp3) is 0.250. The van der Waals surface area contributed by atoms with Gasteiger partial charge in [0.05, 0.1) is 6.61 Å². The maximum absolute atomic E-state index is 11.5. The zero-order valence-corrected chi connectivity index (χ0v) is 19.1. The van der Waals surface area contributed by atoms with E-state index in [1.807, 2.05) is 60.4 Å². The predicted octanol–water partition coefficient (Wildman–Crippen LogP) is 5.55. The summed E-state index contributed by atoms with van der Waals surface area (Å²) < 4.78 is 12.5. The van der Waals surface area contributed by atoms with Crippen molar-refractivity contribution in [2.24, 2.45) is 0 Å². The molecule has 3 aromatic rings. The van der Waals surface area contributed by atoms with Crippen LogP contribution in [0.3, 0.4) is 0 Å². The van der Waals surface area contributed by atoms with Crippen LogP contribution >= 0.6 is 15.9 Å². The molecular formula is C24H25BrN2O4. The van der Waals surface area contributed by atoms with Crippen molar-refractivity contribution in [2.45, 2.75) is 27.0 Å². The number of nitrogens with zero attached hydrogens (tertiary/aromatic N) is 2. The number of aromatic nitrogens is 1. The maximum atomic E-state index is 11.5. The SMILES string of the molecule is CCOc1nc(N(CC)Cc2cc(Br)ccc2OCc2ccccc2)ccc1C(=O)O. The Kier molecular flexibility index (Phi) is 7.89. The van der Waals surface area contributed by atoms with Gasteiger partial charge in [0, 0.05) is 23.1 Å². The number of carboxylic acid groups (broad SMARTS) is 1. The van der Waals surface area contributed by atoms with E-state index >= 15 is 0 Å². The second-order valence-corrected chi connectivity index (χ2v) is 7.72. The standard InChI is InChI=1S/C24H25BrN2O4/c1-3-27(22-13-11-20(24(28)29)23(26-22)30-4-2)15-18-14-19(25)10-12-21(18)31-16-17-8-6-5-7-9-17/h5-14H,3-4,15-16H2,1-2H3,(H,28,29). The molecule has 0 saturated carbocycles. The molecular weight excluding hydrogens is 460 g/mol. The molecule has 6 nitrogen and oxygen atoms in total. The van der Waals surface area contributed by atoms with Crippen LogP contribution in [0.2, 0.25) is 0 Å². The van der Waals surface area contributed by atoms with Crippen molar-refractivity contribution >= 4 is 27.7 Å². The lowest BCUT2D eigenvalue weighted by Crippen LogP contribution is -2.24. The first kappa shape index (κ1) is 22.6. The van der Waals surface area contributed by atoms with Gasteiger partial charge in [-0.15, -0.1) is 0 Å². The summed E-state index contributed by atoms with van der Waals surface area (Å²) in [5.41, 5.74) is 2.14. The van der Waals surface area contributed by atoms with Gasteiger partial charge in [0.25, 0.3) is 0 Å². The number of benzene rings is 2. The molecule has 1 heterocycles. The Morgan fingerprint density at radius 1 is 1.06 bits per heavy atom. The number of halogens is 1. The van der Waals surface area contributed by atoms with Gasteiger partial charge >= 0.3 is 5.97 Å². The molecule has 0 atom stereocenters. The molecule has 0 unspecified atom stereocenters. The van der Waals surface area contributed by atoms with Crippen LogP contribution in [0.1, 0.15) is 35.3 Å². The van der Waals surface area contributed by atoms with Crippen LogP contribution in [-0.4, -0.2) is 29.2 Å². The Bertz CT molecular complexity index is 1030. The summed E-state index contributed by atoms with van der Waals surface area (Å²) in [6.07, 6.45) is 0. The number of carboxylic acids is 1. The topological polar surface area (TPSA) is 71.9 Å². The Morgan fingerprint density at radius 3 is 2.52 bits per heavy atom. The smallest absolute Gasteiger partial charge is 0.341 e. The lowest BCUT2D eigenvalue weighted by molar-refractivity contribution is 0.0691. The molecule has 0 aliphatic rings. The Balaban J connectivity index is 1.85. The lowest BCUT2D eigenvalue weighted by atomic mass is 10.1. The average molecular weight is 485 g/mol. The van der Waals surface area contributed by atoms with E-state index < -0.39 is 5.97 Å². The van der Waals surface area contributed by atoms with E-state index in [0.29, 0.717) is 32.1 Å². The number of anilines is 1. The summed E-state index contributed by atoms with van der Waals surface area (Å²) >= 11 is 3.54. The first-order valence-corrected chi connectivity index (χ1v) is 10.9. The van der Waals surface area contributed by atoms with E-state index in [-0.39, 0.29) is 11.4 Å². The highest BCUT2D eigenvalue weighted by atomic mass is 79.9. The molecule has 1 N–H and O–H groups in total. The predicted molar refractivity (Wildman–Crippen MR) is 124 cm³/mol. The van der Waals surface area contributed by atoms with Gasteiger partial charge in [0.1, 0.15) is 23.7 Å². The molecule has 0 radical (unpaired) electrons. The maximum Gasteiger partial charge on any atom is 0.341 e. The fourth-order valence-corrected chi connectivity index (χ4v) is 3.53. The quantitative estimate of drug-likeness (QED) is 0.406. The molecule has 3 rings (SSSR count). The minimum atomic E-state index is -1.06. The second-order valence-electron chi connectivity index (χ2n) is 6.80. The summed E-state index contributed by atoms with van der Waals surface area (Å²) in [6, 6.07) is 19.2. The van der Waals surface area contributed by atoms with E-state index in [0.717, 1.165) is 21.3 Å². The first-order valence-electron chi connectivity index (χ1n) is 10.1. The Morgan fingerprint density at radius 2 is 1.84 bits per heavy atom. The number of carbonyl (C=O) groups is 1. The van der Waals surface area contributed by atoms with Gasteiger partial charge < -0.3 is 19.5 Å². The highest BCUT2D eigenvalue weighted by Gasteiger charge is 2.17. The van der Waals surface area contributed by atoms with Crippen molar-refractivity contribution in [3.05, 3.63) is 81.8 Å². The van der Waals surface area contributed by atoms with Crippen LogP contribution in [-0.2, 0) is 13.2 Å². The van der Waals surface area contributed by atoms with Crippen LogP contribution in [0.15, 0.2) is 65.1 Å². The average Bonchev–Trinajstić information content (AvgIpc) is 2.77. The van der Waals surface area contributed by atoms with Crippen molar-refractivity contribution in [3.63, 3.8) is 0 Å². The van der Waals surface area contributed by atoms with Crippen LogP contribution in [0.5, 0.6) is 11.6 Å². The molecule has 0 saturated heterocycles. The summed E-state index contributed by atoms with van der Waals surface area (Å²) in [7, 11) is 0. The number of pyridine rings is 1. The summed E-state index contributed by atoms with van der Waals surface area (Å²) in [6.45, 7) is 5.86. The number of ether oxygens (including phenoxy) is 2. The number of aromatic carboxylic acids is 1. The van der Waals surface area contributed by atoms with Crippen molar-refractivity contribution in [1.82, 2.24) is 4.98 Å². The lowest BCUT2D eigenvalue weighted by Gasteiger charge is -2.24. The molecule has 162 valence electrons. The van der Waals surface area contributed by atoms with Crippen LogP contribution < -0.4 is 14.4 Å². The van der Waals surface area contributed by atoms with Gasteiger partial charge in [0.15, 0.2) is 0 Å². The van der Waals surface area contributed by atoms with Crippen molar-refractivity contribution in [1.29, 1.82) is 0 Å². The Labute approximate surface area is 190 Å². The van der Waals surface area contributed by atoms with Crippen LogP contribution in [0.4, 0.5) is 5.82 Å². The molecule has 1 aromatic heterocycles. The minimum Gasteiger partial charge on any atom is -0.489 e. The van der Waals surface area contributed by atoms with E-state index in [9.17, 15) is 9.90 Å². The third-order valence-corrected chi connectivity index (χ3v) is 5.18. The Hall–Kier alpha value is -3.06. The van der Waals surface area contributed by atoms with E-state index in [1.165, 1.54) is 6.07 Å². The molecule has 31 heavy (non-hydrogen) atoms. The van der Waals surface area contributed by atoms with Crippen LogP contribution in [0, 0.1) is 0 Å². The summed E-state index contributed by atoms with van der Waals surface area (Å²) in [5, 5.41) is 9.38. The molecule has 2 aromatic carbocycles. The van der Waals surface area contributed by atoms with Crippen LogP contribution in [0.25, 0.3) is 0 Å². The van der Waals surface area contributed by atoms with E-state index in [1.54, 1.807) is 13.0 Å². The molecule has 0 spiro atoms. The zero-order chi connectivity index (χ0) is 22.2. The largest absolute Gasteiger partial charge is 0.489 e. The van der Waals surface area contributed by atoms with Gasteiger partial charge in [-0.1, -0.05) is 46.3 Å². The van der Waals surface area contributed by atoms with Gasteiger partial charge in [-0.2, -0.15) is 4.98 Å². The first-order chi connectivity index (χ1) is 15.0. The third kappa shape index (κ3) is 5.98. The molecule has 0 amide bonds. The van der Waals surface area contributed by atoms with E-state index in [4.69, 9.17) is 9.47 Å². The molecule has 0 aliphatic carbocycles.